The van der Waals surface area contributed by atoms with Crippen LogP contribution in [0.5, 0.6) is 12.0 Å². The van der Waals surface area contributed by atoms with Gasteiger partial charge in [0.25, 0.3) is 0 Å². The summed E-state index contributed by atoms with van der Waals surface area (Å²) in [6.07, 6.45) is 0. The highest BCUT2D eigenvalue weighted by molar-refractivity contribution is 6.28. The van der Waals surface area contributed by atoms with Gasteiger partial charge in [0.1, 0.15) is 6.61 Å². The molecule has 0 aliphatic carbocycles. The molecule has 0 aliphatic rings. The average molecular weight is 205 g/mol. The van der Waals surface area contributed by atoms with E-state index in [2.05, 4.69) is 15.0 Å². The van der Waals surface area contributed by atoms with E-state index >= 15 is 0 Å². The second kappa shape index (κ2) is 4.78. The summed E-state index contributed by atoms with van der Waals surface area (Å²) in [6.45, 7) is 0.703. The lowest BCUT2D eigenvalue weighted by molar-refractivity contribution is 0.289. The van der Waals surface area contributed by atoms with Gasteiger partial charge in [0.15, 0.2) is 0 Å². The smallest absolute Gasteiger partial charge is 0.323 e. The maximum absolute atomic E-state index is 5.55. The summed E-state index contributed by atoms with van der Waals surface area (Å²) in [6, 6.07) is 0.231. The lowest BCUT2D eigenvalue weighted by atomic mass is 10.7. The Morgan fingerprint density at radius 1 is 1.31 bits per heavy atom. The monoisotopic (exact) mass is 204 g/mol. The Labute approximate surface area is 80.1 Å². The number of hydrogen-bond donors (Lipinski definition) is 1. The lowest BCUT2D eigenvalue weighted by Gasteiger charge is -2.03. The van der Waals surface area contributed by atoms with E-state index in [1.54, 1.807) is 0 Å². The van der Waals surface area contributed by atoms with Gasteiger partial charge in [-0.25, -0.2) is 0 Å². The normalized spacial score (nSPS) is 9.77. The number of rotatable bonds is 4. The zero-order chi connectivity index (χ0) is 9.68. The molecule has 0 bridgehead atoms. The summed E-state index contributed by atoms with van der Waals surface area (Å²) in [7, 11) is 1.43. The summed E-state index contributed by atoms with van der Waals surface area (Å²) in [4.78, 5) is 11.2. The third-order valence-electron chi connectivity index (χ3n) is 1.10. The van der Waals surface area contributed by atoms with E-state index in [1.807, 2.05) is 0 Å². The quantitative estimate of drug-likeness (QED) is 0.736. The van der Waals surface area contributed by atoms with Gasteiger partial charge in [-0.3, -0.25) is 0 Å². The van der Waals surface area contributed by atoms with Gasteiger partial charge in [0.05, 0.1) is 7.11 Å². The number of nitrogens with zero attached hydrogens (tertiary/aromatic N) is 3. The standard InChI is InChI=1S/C6H9ClN4O2/c1-12-5-9-4(7)10-6(11-5)13-3-2-8/h2-3,8H2,1H3. The minimum Gasteiger partial charge on any atom is -0.467 e. The van der Waals surface area contributed by atoms with E-state index in [0.717, 1.165) is 0 Å². The first-order chi connectivity index (χ1) is 6.26. The van der Waals surface area contributed by atoms with Crippen LogP contribution < -0.4 is 15.2 Å². The molecule has 0 radical (unpaired) electrons. The number of aromatic nitrogens is 3. The molecule has 72 valence electrons. The molecule has 1 aromatic heterocycles. The van der Waals surface area contributed by atoms with Crippen molar-refractivity contribution in [3.8, 4) is 12.0 Å². The van der Waals surface area contributed by atoms with Gasteiger partial charge in [0.2, 0.25) is 5.28 Å². The number of hydrogen-bond acceptors (Lipinski definition) is 6. The molecule has 1 heterocycles. The highest BCUT2D eigenvalue weighted by atomic mass is 35.5. The van der Waals surface area contributed by atoms with Crippen molar-refractivity contribution in [2.45, 2.75) is 0 Å². The second-order valence-electron chi connectivity index (χ2n) is 2.01. The molecule has 0 spiro atoms. The predicted molar refractivity (Wildman–Crippen MR) is 45.9 cm³/mol. The second-order valence-corrected chi connectivity index (χ2v) is 2.35. The largest absolute Gasteiger partial charge is 0.467 e. The molecule has 0 aromatic carbocycles. The fourth-order valence-electron chi connectivity index (χ4n) is 0.621. The van der Waals surface area contributed by atoms with E-state index in [1.165, 1.54) is 7.11 Å². The Morgan fingerprint density at radius 3 is 2.62 bits per heavy atom. The number of nitrogens with two attached hydrogens (primary N) is 1. The highest BCUT2D eigenvalue weighted by Crippen LogP contribution is 2.11. The number of methoxy groups -OCH3 is 1. The highest BCUT2D eigenvalue weighted by Gasteiger charge is 2.04. The molecule has 6 nitrogen and oxygen atoms in total. The molecule has 2 N–H and O–H groups in total. The fraction of sp³-hybridized carbons (Fsp3) is 0.500. The SMILES string of the molecule is COc1nc(Cl)nc(OCCN)n1. The van der Waals surface area contributed by atoms with Gasteiger partial charge >= 0.3 is 12.0 Å². The van der Waals surface area contributed by atoms with Crippen LogP contribution in [0, 0.1) is 0 Å². The molecule has 0 unspecified atom stereocenters. The summed E-state index contributed by atoms with van der Waals surface area (Å²) in [5.41, 5.74) is 5.22. The van der Waals surface area contributed by atoms with E-state index in [4.69, 9.17) is 26.8 Å². The van der Waals surface area contributed by atoms with Crippen LogP contribution in [0.4, 0.5) is 0 Å². The Hall–Kier alpha value is -1.14. The van der Waals surface area contributed by atoms with Gasteiger partial charge in [-0.05, 0) is 11.6 Å². The summed E-state index contributed by atoms with van der Waals surface area (Å²) in [5, 5.41) is 0.0267. The molecular formula is C6H9ClN4O2. The molecule has 7 heteroatoms. The van der Waals surface area contributed by atoms with Crippen molar-refractivity contribution in [1.82, 2.24) is 15.0 Å². The van der Waals surface area contributed by atoms with Gasteiger partial charge in [-0.15, -0.1) is 4.98 Å². The lowest BCUT2D eigenvalue weighted by Crippen LogP contribution is -2.12. The van der Waals surface area contributed by atoms with Crippen molar-refractivity contribution < 1.29 is 9.47 Å². The van der Waals surface area contributed by atoms with Crippen LogP contribution in [0.15, 0.2) is 0 Å². The first-order valence-corrected chi connectivity index (χ1v) is 3.92. The Kier molecular flexibility index (Phi) is 3.66. The average Bonchev–Trinajstić information content (AvgIpc) is 2.14. The van der Waals surface area contributed by atoms with E-state index < -0.39 is 0 Å². The van der Waals surface area contributed by atoms with Gasteiger partial charge < -0.3 is 15.2 Å². The van der Waals surface area contributed by atoms with Crippen LogP contribution in [0.25, 0.3) is 0 Å². The predicted octanol–water partition coefficient (Wildman–Crippen LogP) is -0.129. The van der Waals surface area contributed by atoms with Crippen LogP contribution in [0.2, 0.25) is 5.28 Å². The maximum Gasteiger partial charge on any atom is 0.323 e. The van der Waals surface area contributed by atoms with Crippen LogP contribution in [-0.4, -0.2) is 35.2 Å². The Morgan fingerprint density at radius 2 is 2.00 bits per heavy atom. The van der Waals surface area contributed by atoms with E-state index in [-0.39, 0.29) is 17.3 Å². The van der Waals surface area contributed by atoms with Gasteiger partial charge in [-0.1, -0.05) is 0 Å². The summed E-state index contributed by atoms with van der Waals surface area (Å²) in [5.74, 6) is 0. The van der Waals surface area contributed by atoms with Crippen LogP contribution >= 0.6 is 11.6 Å². The minimum absolute atomic E-state index is 0.0267. The van der Waals surface area contributed by atoms with Crippen molar-refractivity contribution in [2.75, 3.05) is 20.3 Å². The van der Waals surface area contributed by atoms with Crippen molar-refractivity contribution in [1.29, 1.82) is 0 Å². The molecule has 0 atom stereocenters. The van der Waals surface area contributed by atoms with Crippen LogP contribution in [-0.2, 0) is 0 Å². The Bertz CT molecular complexity index is 283. The fourth-order valence-corrected chi connectivity index (χ4v) is 0.765. The minimum atomic E-state index is 0.0267. The Balaban J connectivity index is 2.76. The van der Waals surface area contributed by atoms with Crippen molar-refractivity contribution in [2.24, 2.45) is 5.73 Å². The maximum atomic E-state index is 5.55. The summed E-state index contributed by atoms with van der Waals surface area (Å²) < 4.78 is 9.78. The van der Waals surface area contributed by atoms with Crippen molar-refractivity contribution >= 4 is 11.6 Å². The first kappa shape index (κ1) is 9.94. The van der Waals surface area contributed by atoms with Gasteiger partial charge in [-0.2, -0.15) is 9.97 Å². The van der Waals surface area contributed by atoms with Crippen LogP contribution in [0.3, 0.4) is 0 Å². The molecule has 0 aliphatic heterocycles. The zero-order valence-electron chi connectivity index (χ0n) is 7.03. The summed E-state index contributed by atoms with van der Waals surface area (Å²) >= 11 is 5.55. The molecule has 0 fully saturated rings. The zero-order valence-corrected chi connectivity index (χ0v) is 7.78. The van der Waals surface area contributed by atoms with E-state index in [0.29, 0.717) is 13.2 Å². The third-order valence-corrected chi connectivity index (χ3v) is 1.27. The molecule has 13 heavy (non-hydrogen) atoms. The molecule has 1 aromatic rings. The third kappa shape index (κ3) is 3.00. The molecule has 1 rings (SSSR count). The van der Waals surface area contributed by atoms with E-state index in [9.17, 15) is 0 Å². The topological polar surface area (TPSA) is 83.2 Å². The molecule has 0 saturated carbocycles. The number of halogens is 1. The van der Waals surface area contributed by atoms with Gasteiger partial charge in [0, 0.05) is 6.54 Å². The van der Waals surface area contributed by atoms with Crippen molar-refractivity contribution in [3.63, 3.8) is 0 Å². The molecular weight excluding hydrogens is 196 g/mol. The molecule has 0 amide bonds. The molecule has 0 saturated heterocycles. The number of ether oxygens (including phenoxy) is 2. The van der Waals surface area contributed by atoms with Crippen LogP contribution in [0.1, 0.15) is 0 Å². The van der Waals surface area contributed by atoms with Crippen molar-refractivity contribution in [3.05, 3.63) is 5.28 Å². The first-order valence-electron chi connectivity index (χ1n) is 3.54.